The van der Waals surface area contributed by atoms with Crippen LogP contribution in [-0.2, 0) is 19.0 Å². The number of methoxy groups -OCH3 is 1. The van der Waals surface area contributed by atoms with Crippen LogP contribution in [0.1, 0.15) is 46.0 Å². The Morgan fingerprint density at radius 2 is 1.81 bits per heavy atom. The summed E-state index contributed by atoms with van der Waals surface area (Å²) < 4.78 is 14.4. The van der Waals surface area contributed by atoms with Crippen LogP contribution in [0.5, 0.6) is 0 Å². The lowest BCUT2D eigenvalue weighted by molar-refractivity contribution is -0.149. The molecule has 116 valence electrons. The predicted molar refractivity (Wildman–Crippen MR) is 73.1 cm³/mol. The Bertz CT molecular complexity index is 560. The molecule has 1 heterocycles. The average Bonchev–Trinajstić information content (AvgIpc) is 2.73. The Morgan fingerprint density at radius 3 is 2.33 bits per heavy atom. The van der Waals surface area contributed by atoms with Gasteiger partial charge in [0.05, 0.1) is 19.3 Å². The Morgan fingerprint density at radius 1 is 1.19 bits per heavy atom. The van der Waals surface area contributed by atoms with Gasteiger partial charge in [0, 0.05) is 5.69 Å². The van der Waals surface area contributed by atoms with E-state index in [4.69, 9.17) is 9.47 Å². The minimum absolute atomic E-state index is 0.201. The molecule has 0 aliphatic rings. The standard InChI is InChI=1S/C14H19NO6/c1-6-20-14(18)11-7(2)10(8(3)15-11)13(17)21-9(4)12(16)19-5/h9,15H,6H2,1-5H3/t9-/m0/s1. The summed E-state index contributed by atoms with van der Waals surface area (Å²) in [5, 5.41) is 0. The Labute approximate surface area is 122 Å². The maximum absolute atomic E-state index is 12.1. The number of carbonyl (C=O) groups excluding carboxylic acids is 3. The van der Waals surface area contributed by atoms with Crippen LogP contribution < -0.4 is 0 Å². The van der Waals surface area contributed by atoms with Gasteiger partial charge in [-0.15, -0.1) is 0 Å². The number of aromatic nitrogens is 1. The molecular formula is C14H19NO6. The van der Waals surface area contributed by atoms with Crippen molar-refractivity contribution in [2.45, 2.75) is 33.8 Å². The topological polar surface area (TPSA) is 94.7 Å². The van der Waals surface area contributed by atoms with Gasteiger partial charge in [0.25, 0.3) is 0 Å². The Hall–Kier alpha value is -2.31. The van der Waals surface area contributed by atoms with E-state index in [0.29, 0.717) is 11.3 Å². The highest BCUT2D eigenvalue weighted by molar-refractivity contribution is 5.99. The number of hydrogen-bond donors (Lipinski definition) is 1. The third kappa shape index (κ3) is 3.62. The first-order chi connectivity index (χ1) is 9.83. The number of aromatic amines is 1. The van der Waals surface area contributed by atoms with Crippen LogP contribution in [-0.4, -0.2) is 42.7 Å². The first-order valence-corrected chi connectivity index (χ1v) is 6.48. The lowest BCUT2D eigenvalue weighted by atomic mass is 10.1. The van der Waals surface area contributed by atoms with Gasteiger partial charge in [0.1, 0.15) is 5.69 Å². The van der Waals surface area contributed by atoms with Gasteiger partial charge in [-0.05, 0) is 33.3 Å². The summed E-state index contributed by atoms with van der Waals surface area (Å²) in [5.74, 6) is -1.90. The normalized spacial score (nSPS) is 11.7. The molecule has 1 aromatic heterocycles. The lowest BCUT2D eigenvalue weighted by Gasteiger charge is -2.11. The maximum atomic E-state index is 12.1. The maximum Gasteiger partial charge on any atom is 0.355 e. The van der Waals surface area contributed by atoms with Crippen molar-refractivity contribution in [3.05, 3.63) is 22.5 Å². The largest absolute Gasteiger partial charge is 0.466 e. The summed E-state index contributed by atoms with van der Waals surface area (Å²) in [5.41, 5.74) is 1.31. The minimum atomic E-state index is -1.03. The van der Waals surface area contributed by atoms with Gasteiger partial charge in [-0.3, -0.25) is 0 Å². The van der Waals surface area contributed by atoms with E-state index in [2.05, 4.69) is 9.72 Å². The highest BCUT2D eigenvalue weighted by Gasteiger charge is 2.26. The van der Waals surface area contributed by atoms with Crippen LogP contribution in [0.3, 0.4) is 0 Å². The van der Waals surface area contributed by atoms with Gasteiger partial charge >= 0.3 is 17.9 Å². The highest BCUT2D eigenvalue weighted by Crippen LogP contribution is 2.20. The van der Waals surface area contributed by atoms with Gasteiger partial charge in [0.15, 0.2) is 6.10 Å². The molecule has 0 spiro atoms. The predicted octanol–water partition coefficient (Wildman–Crippen LogP) is 1.53. The fourth-order valence-corrected chi connectivity index (χ4v) is 1.90. The van der Waals surface area contributed by atoms with E-state index in [9.17, 15) is 14.4 Å². The van der Waals surface area contributed by atoms with Crippen molar-refractivity contribution >= 4 is 17.9 Å². The number of hydrogen-bond acceptors (Lipinski definition) is 6. The van der Waals surface area contributed by atoms with Gasteiger partial charge in [0.2, 0.25) is 0 Å². The number of esters is 3. The summed E-state index contributed by atoms with van der Waals surface area (Å²) in [7, 11) is 1.21. The van der Waals surface area contributed by atoms with Crippen molar-refractivity contribution in [1.82, 2.24) is 4.98 Å². The molecule has 1 N–H and O–H groups in total. The lowest BCUT2D eigenvalue weighted by Crippen LogP contribution is -2.25. The quantitative estimate of drug-likeness (QED) is 0.654. The molecule has 0 saturated carbocycles. The van der Waals surface area contributed by atoms with Crippen LogP contribution in [0.4, 0.5) is 0 Å². The molecule has 7 heteroatoms. The first kappa shape index (κ1) is 16.7. The van der Waals surface area contributed by atoms with Crippen molar-refractivity contribution in [2.24, 2.45) is 0 Å². The van der Waals surface area contributed by atoms with E-state index in [1.54, 1.807) is 20.8 Å². The van der Waals surface area contributed by atoms with Gasteiger partial charge < -0.3 is 19.2 Å². The smallest absolute Gasteiger partial charge is 0.355 e. The average molecular weight is 297 g/mol. The minimum Gasteiger partial charge on any atom is -0.466 e. The summed E-state index contributed by atoms with van der Waals surface area (Å²) in [6, 6.07) is 0. The summed E-state index contributed by atoms with van der Waals surface area (Å²) >= 11 is 0. The molecule has 0 aliphatic heterocycles. The van der Waals surface area contributed by atoms with Crippen LogP contribution in [0.2, 0.25) is 0 Å². The van der Waals surface area contributed by atoms with Crippen molar-refractivity contribution in [1.29, 1.82) is 0 Å². The number of H-pyrrole nitrogens is 1. The second kappa shape index (κ2) is 6.92. The number of ether oxygens (including phenoxy) is 3. The van der Waals surface area contributed by atoms with E-state index in [0.717, 1.165) is 0 Å². The van der Waals surface area contributed by atoms with E-state index in [-0.39, 0.29) is 17.9 Å². The molecule has 1 aromatic rings. The molecule has 1 atom stereocenters. The molecule has 0 saturated heterocycles. The SMILES string of the molecule is CCOC(=O)c1[nH]c(C)c(C(=O)O[C@@H](C)C(=O)OC)c1C. The van der Waals surface area contributed by atoms with E-state index >= 15 is 0 Å². The molecule has 0 unspecified atom stereocenters. The van der Waals surface area contributed by atoms with Crippen molar-refractivity contribution in [3.8, 4) is 0 Å². The van der Waals surface area contributed by atoms with Crippen LogP contribution in [0.15, 0.2) is 0 Å². The molecule has 0 aliphatic carbocycles. The molecule has 1 rings (SSSR count). The van der Waals surface area contributed by atoms with Crippen LogP contribution in [0, 0.1) is 13.8 Å². The van der Waals surface area contributed by atoms with Gasteiger partial charge in [-0.1, -0.05) is 0 Å². The van der Waals surface area contributed by atoms with E-state index < -0.39 is 24.0 Å². The number of nitrogens with one attached hydrogen (secondary N) is 1. The molecule has 0 radical (unpaired) electrons. The first-order valence-electron chi connectivity index (χ1n) is 6.48. The Kier molecular flexibility index (Phi) is 5.52. The summed E-state index contributed by atoms with van der Waals surface area (Å²) in [4.78, 5) is 37.9. The van der Waals surface area contributed by atoms with Crippen molar-refractivity contribution in [2.75, 3.05) is 13.7 Å². The second-order valence-corrected chi connectivity index (χ2v) is 4.42. The fourth-order valence-electron chi connectivity index (χ4n) is 1.90. The number of aryl methyl sites for hydroxylation is 1. The van der Waals surface area contributed by atoms with E-state index in [1.807, 2.05) is 0 Å². The van der Waals surface area contributed by atoms with Crippen molar-refractivity contribution < 1.29 is 28.6 Å². The zero-order valence-electron chi connectivity index (χ0n) is 12.7. The summed E-state index contributed by atoms with van der Waals surface area (Å²) in [6.07, 6.45) is -1.03. The second-order valence-electron chi connectivity index (χ2n) is 4.42. The molecule has 0 amide bonds. The highest BCUT2D eigenvalue weighted by atomic mass is 16.6. The molecule has 0 bridgehead atoms. The van der Waals surface area contributed by atoms with Crippen LogP contribution >= 0.6 is 0 Å². The zero-order valence-corrected chi connectivity index (χ0v) is 12.7. The van der Waals surface area contributed by atoms with E-state index in [1.165, 1.54) is 14.0 Å². The van der Waals surface area contributed by atoms with Gasteiger partial charge in [-0.25, -0.2) is 14.4 Å². The zero-order chi connectivity index (χ0) is 16.2. The fraction of sp³-hybridized carbons (Fsp3) is 0.500. The molecule has 0 aromatic carbocycles. The molecule has 7 nitrogen and oxygen atoms in total. The summed E-state index contributed by atoms with van der Waals surface area (Å²) in [6.45, 7) is 6.57. The molecule has 0 fully saturated rings. The monoisotopic (exact) mass is 297 g/mol. The Balaban J connectivity index is 3.01. The van der Waals surface area contributed by atoms with Crippen LogP contribution in [0.25, 0.3) is 0 Å². The third-order valence-electron chi connectivity index (χ3n) is 2.94. The molecular weight excluding hydrogens is 278 g/mol. The van der Waals surface area contributed by atoms with Crippen molar-refractivity contribution in [3.63, 3.8) is 0 Å². The third-order valence-corrected chi connectivity index (χ3v) is 2.94. The number of carbonyl (C=O) groups is 3. The number of rotatable bonds is 5. The molecule has 21 heavy (non-hydrogen) atoms. The van der Waals surface area contributed by atoms with Gasteiger partial charge in [-0.2, -0.15) is 0 Å².